The van der Waals surface area contributed by atoms with E-state index in [1.54, 1.807) is 17.2 Å². The number of anilines is 1. The number of hydrogen-bond donors (Lipinski definition) is 1. The smallest absolute Gasteiger partial charge is 0.267 e. The number of fused-ring (bicyclic) bond motifs is 1. The van der Waals surface area contributed by atoms with Crippen LogP contribution in [0, 0.1) is 6.92 Å². The lowest BCUT2D eigenvalue weighted by molar-refractivity contribution is -0.123. The average molecular weight is 431 g/mol. The number of nitrogens with zero attached hydrogens (tertiary/aromatic N) is 3. The predicted molar refractivity (Wildman–Crippen MR) is 119 cm³/mol. The van der Waals surface area contributed by atoms with Crippen molar-refractivity contribution in [3.63, 3.8) is 0 Å². The van der Waals surface area contributed by atoms with Gasteiger partial charge in [-0.05, 0) is 44.4 Å². The maximum atomic E-state index is 13.2. The quantitative estimate of drug-likeness (QED) is 0.577. The zero-order chi connectivity index (χ0) is 20.5. The van der Waals surface area contributed by atoms with Crippen LogP contribution in [0.2, 0.25) is 0 Å². The minimum absolute atomic E-state index is 0.0186. The number of aromatic nitrogens is 2. The summed E-state index contributed by atoms with van der Waals surface area (Å²) in [5.41, 5.74) is 1.63. The van der Waals surface area contributed by atoms with Crippen molar-refractivity contribution in [2.24, 2.45) is 0 Å². The van der Waals surface area contributed by atoms with Crippen molar-refractivity contribution in [2.75, 3.05) is 25.0 Å². The Bertz CT molecular complexity index is 1070. The van der Waals surface area contributed by atoms with Gasteiger partial charge < -0.3 is 10.1 Å². The van der Waals surface area contributed by atoms with E-state index < -0.39 is 0 Å². The van der Waals surface area contributed by atoms with E-state index in [2.05, 4.69) is 10.3 Å². The summed E-state index contributed by atoms with van der Waals surface area (Å²) < 4.78 is 7.64. The van der Waals surface area contributed by atoms with Crippen molar-refractivity contribution in [3.05, 3.63) is 44.7 Å². The number of rotatable bonds is 5. The highest BCUT2D eigenvalue weighted by Gasteiger charge is 2.35. The second-order valence-corrected chi connectivity index (χ2v) is 8.70. The zero-order valence-electron chi connectivity index (χ0n) is 16.3. The number of amides is 1. The molecule has 9 heteroatoms. The van der Waals surface area contributed by atoms with Crippen LogP contribution < -0.4 is 10.9 Å². The molecule has 2 aromatic heterocycles. The maximum absolute atomic E-state index is 13.2. The fourth-order valence-electron chi connectivity index (χ4n) is 3.52. The second kappa shape index (κ2) is 8.25. The summed E-state index contributed by atoms with van der Waals surface area (Å²) in [6.07, 6.45) is 5.24. The number of hydrogen-bond acceptors (Lipinski definition) is 7. The normalized spacial score (nSPS) is 21.0. The first-order valence-electron chi connectivity index (χ1n) is 9.62. The van der Waals surface area contributed by atoms with Gasteiger partial charge in [-0.25, -0.2) is 4.98 Å². The van der Waals surface area contributed by atoms with Gasteiger partial charge in [-0.2, -0.15) is 0 Å². The number of thiocarbonyl (C=S) groups is 1. The SMILES string of the molecule is CCNc1nc2c(C)cccn2c(=O)c1C=C1SC(=S)N(CC2CCCO2)C1=O. The fourth-order valence-corrected chi connectivity index (χ4v) is 4.78. The van der Waals surface area contributed by atoms with Gasteiger partial charge in [-0.1, -0.05) is 30.0 Å². The number of thioether (sulfide) groups is 1. The number of nitrogens with one attached hydrogen (secondary N) is 1. The molecule has 0 aliphatic carbocycles. The molecule has 1 atom stereocenters. The van der Waals surface area contributed by atoms with E-state index in [0.29, 0.717) is 39.3 Å². The van der Waals surface area contributed by atoms with Gasteiger partial charge in [0.25, 0.3) is 11.5 Å². The van der Waals surface area contributed by atoms with Crippen LogP contribution >= 0.6 is 24.0 Å². The van der Waals surface area contributed by atoms with Crippen molar-refractivity contribution in [1.29, 1.82) is 0 Å². The van der Waals surface area contributed by atoms with Crippen LogP contribution in [-0.4, -0.2) is 50.3 Å². The standard InChI is InChI=1S/C20H22N4O3S2/c1-3-21-16-14(18(25)23-8-4-6-12(2)17(23)22-16)10-15-19(26)24(20(28)29-15)11-13-7-5-9-27-13/h4,6,8,10,13,21H,3,5,7,9,11H2,1-2H3. The van der Waals surface area contributed by atoms with Gasteiger partial charge in [0.05, 0.1) is 23.1 Å². The monoisotopic (exact) mass is 430 g/mol. The summed E-state index contributed by atoms with van der Waals surface area (Å²) in [4.78, 5) is 32.8. The minimum Gasteiger partial charge on any atom is -0.376 e. The molecule has 0 bridgehead atoms. The van der Waals surface area contributed by atoms with E-state index in [1.165, 1.54) is 16.2 Å². The van der Waals surface area contributed by atoms with E-state index in [4.69, 9.17) is 17.0 Å². The summed E-state index contributed by atoms with van der Waals surface area (Å²) in [6, 6.07) is 3.72. The van der Waals surface area contributed by atoms with E-state index in [0.717, 1.165) is 25.0 Å². The van der Waals surface area contributed by atoms with Gasteiger partial charge in [-0.3, -0.25) is 18.9 Å². The second-order valence-electron chi connectivity index (χ2n) is 7.02. The maximum Gasteiger partial charge on any atom is 0.267 e. The van der Waals surface area contributed by atoms with Gasteiger partial charge in [0.2, 0.25) is 0 Å². The molecule has 1 unspecified atom stereocenters. The van der Waals surface area contributed by atoms with E-state index in [1.807, 2.05) is 26.0 Å². The molecule has 152 valence electrons. The molecule has 2 aromatic rings. The Morgan fingerprint density at radius 1 is 1.45 bits per heavy atom. The van der Waals surface area contributed by atoms with Gasteiger partial charge in [0, 0.05) is 19.3 Å². The molecule has 0 saturated carbocycles. The Balaban J connectivity index is 1.74. The first-order valence-corrected chi connectivity index (χ1v) is 10.8. The lowest BCUT2D eigenvalue weighted by Crippen LogP contribution is -2.35. The number of carbonyl (C=O) groups excluding carboxylic acids is 1. The number of pyridine rings is 1. The molecular formula is C20H22N4O3S2. The topological polar surface area (TPSA) is 75.9 Å². The lowest BCUT2D eigenvalue weighted by atomic mass is 10.2. The zero-order valence-corrected chi connectivity index (χ0v) is 17.9. The van der Waals surface area contributed by atoms with Crippen LogP contribution in [0.1, 0.15) is 30.9 Å². The van der Waals surface area contributed by atoms with Crippen molar-refractivity contribution in [1.82, 2.24) is 14.3 Å². The van der Waals surface area contributed by atoms with Crippen molar-refractivity contribution >= 4 is 51.7 Å². The first kappa shape index (κ1) is 20.1. The Hall–Kier alpha value is -2.23. The molecule has 2 saturated heterocycles. The molecule has 0 aromatic carbocycles. The summed E-state index contributed by atoms with van der Waals surface area (Å²) in [6.45, 7) is 5.63. The minimum atomic E-state index is -0.223. The van der Waals surface area contributed by atoms with E-state index >= 15 is 0 Å². The van der Waals surface area contributed by atoms with Gasteiger partial charge in [-0.15, -0.1) is 0 Å². The van der Waals surface area contributed by atoms with Crippen LogP contribution in [0.15, 0.2) is 28.0 Å². The van der Waals surface area contributed by atoms with Crippen molar-refractivity contribution < 1.29 is 9.53 Å². The molecule has 7 nitrogen and oxygen atoms in total. The van der Waals surface area contributed by atoms with Crippen molar-refractivity contribution in [3.8, 4) is 0 Å². The molecule has 1 N–H and O–H groups in total. The largest absolute Gasteiger partial charge is 0.376 e. The van der Waals surface area contributed by atoms with Gasteiger partial charge in [0.15, 0.2) is 0 Å². The molecule has 2 aliphatic rings. The van der Waals surface area contributed by atoms with Gasteiger partial charge in [0.1, 0.15) is 15.8 Å². The number of carbonyl (C=O) groups is 1. The van der Waals surface area contributed by atoms with E-state index in [9.17, 15) is 9.59 Å². The average Bonchev–Trinajstić information content (AvgIpc) is 3.30. The Morgan fingerprint density at radius 2 is 2.28 bits per heavy atom. The predicted octanol–water partition coefficient (Wildman–Crippen LogP) is 2.81. The Kier molecular flexibility index (Phi) is 5.71. The Morgan fingerprint density at radius 3 is 3.00 bits per heavy atom. The molecule has 29 heavy (non-hydrogen) atoms. The molecule has 0 spiro atoms. The number of aryl methyl sites for hydroxylation is 1. The highest BCUT2D eigenvalue weighted by molar-refractivity contribution is 8.26. The highest BCUT2D eigenvalue weighted by Crippen LogP contribution is 2.34. The van der Waals surface area contributed by atoms with Gasteiger partial charge >= 0.3 is 0 Å². The molecule has 2 fully saturated rings. The molecular weight excluding hydrogens is 408 g/mol. The summed E-state index contributed by atoms with van der Waals surface area (Å²) >= 11 is 6.63. The molecule has 0 radical (unpaired) electrons. The van der Waals surface area contributed by atoms with Crippen LogP contribution in [0.5, 0.6) is 0 Å². The fraction of sp³-hybridized carbons (Fsp3) is 0.400. The van der Waals surface area contributed by atoms with E-state index in [-0.39, 0.29) is 17.6 Å². The number of ether oxygens (including phenoxy) is 1. The third-order valence-electron chi connectivity index (χ3n) is 4.99. The molecule has 4 rings (SSSR count). The molecule has 1 amide bonds. The van der Waals surface area contributed by atoms with Crippen molar-refractivity contribution in [2.45, 2.75) is 32.8 Å². The summed E-state index contributed by atoms with van der Waals surface area (Å²) in [5, 5.41) is 3.15. The summed E-state index contributed by atoms with van der Waals surface area (Å²) in [5.74, 6) is 0.280. The first-order chi connectivity index (χ1) is 14.0. The highest BCUT2D eigenvalue weighted by atomic mass is 32.2. The van der Waals surface area contributed by atoms with Crippen LogP contribution in [0.4, 0.5) is 5.82 Å². The summed E-state index contributed by atoms with van der Waals surface area (Å²) in [7, 11) is 0. The third kappa shape index (κ3) is 3.82. The molecule has 4 heterocycles. The molecule has 2 aliphatic heterocycles. The van der Waals surface area contributed by atoms with Crippen LogP contribution in [0.25, 0.3) is 11.7 Å². The lowest BCUT2D eigenvalue weighted by Gasteiger charge is -2.18. The van der Waals surface area contributed by atoms with Crippen LogP contribution in [0.3, 0.4) is 0 Å². The third-order valence-corrected chi connectivity index (χ3v) is 6.37. The Labute approximate surface area is 178 Å². The van der Waals surface area contributed by atoms with Crippen LogP contribution in [-0.2, 0) is 9.53 Å².